The number of hydrogen-bond donors (Lipinski definition) is 0. The molecular formula is C18H19N3O2S. The van der Waals surface area contributed by atoms with Gasteiger partial charge in [-0.1, -0.05) is 18.2 Å². The second-order valence-electron chi connectivity index (χ2n) is 5.67. The lowest BCUT2D eigenvalue weighted by atomic mass is 10.1. The van der Waals surface area contributed by atoms with Crippen LogP contribution in [-0.4, -0.2) is 39.8 Å². The minimum absolute atomic E-state index is 0.472. The topological polar surface area (TPSA) is 47.4 Å². The largest absolute Gasteiger partial charge is 0.497 e. The van der Waals surface area contributed by atoms with Gasteiger partial charge >= 0.3 is 0 Å². The first-order valence-electron chi connectivity index (χ1n) is 7.51. The fraction of sp³-hybridized carbons (Fsp3) is 0.222. The zero-order valence-electron chi connectivity index (χ0n) is 14.1. The van der Waals surface area contributed by atoms with Crippen molar-refractivity contribution in [2.24, 2.45) is 7.05 Å². The highest BCUT2D eigenvalue weighted by molar-refractivity contribution is 7.67. The summed E-state index contributed by atoms with van der Waals surface area (Å²) in [5.41, 5.74) is 3.63. The summed E-state index contributed by atoms with van der Waals surface area (Å²) in [4.78, 5) is 7.28. The maximum atomic E-state index is 11.9. The molecule has 1 aromatic heterocycles. The van der Waals surface area contributed by atoms with Gasteiger partial charge < -0.3 is 14.2 Å². The number of hydrogen-bond acceptors (Lipinski definition) is 4. The van der Waals surface area contributed by atoms with E-state index in [1.165, 1.54) is 0 Å². The van der Waals surface area contributed by atoms with Crippen LogP contribution in [0.1, 0.15) is 11.4 Å². The molecule has 3 rings (SSSR count). The van der Waals surface area contributed by atoms with E-state index in [0.29, 0.717) is 21.9 Å². The van der Waals surface area contributed by atoms with Crippen LogP contribution in [-0.2, 0) is 18.3 Å². The molecule has 0 atom stereocenters. The van der Waals surface area contributed by atoms with Gasteiger partial charge in [0.05, 0.1) is 18.1 Å². The Morgan fingerprint density at radius 1 is 1.21 bits per heavy atom. The number of nitrogens with zero attached hydrogens (tertiary/aromatic N) is 3. The first-order chi connectivity index (χ1) is 11.6. The predicted molar refractivity (Wildman–Crippen MR) is 99.4 cm³/mol. The van der Waals surface area contributed by atoms with Crippen LogP contribution in [0.5, 0.6) is 5.75 Å². The van der Waals surface area contributed by atoms with Gasteiger partial charge in [0.1, 0.15) is 21.9 Å². The molecule has 0 saturated carbocycles. The smallest absolute Gasteiger partial charge is 0.154 e. The Balaban J connectivity index is 2.22. The molecule has 0 N–H and O–H groups in total. The summed E-state index contributed by atoms with van der Waals surface area (Å²) in [6.45, 7) is 0. The molecule has 1 heterocycles. The van der Waals surface area contributed by atoms with Gasteiger partial charge in [0.15, 0.2) is 5.82 Å². The Morgan fingerprint density at radius 3 is 2.62 bits per heavy atom. The molecule has 0 saturated heterocycles. The molecule has 24 heavy (non-hydrogen) atoms. The van der Waals surface area contributed by atoms with E-state index in [9.17, 15) is 4.21 Å². The van der Waals surface area contributed by atoms with E-state index in [0.717, 1.165) is 28.0 Å². The fourth-order valence-corrected chi connectivity index (χ4v) is 3.29. The van der Waals surface area contributed by atoms with Crippen LogP contribution < -0.4 is 9.64 Å². The summed E-state index contributed by atoms with van der Waals surface area (Å²) in [5.74, 6) is 1.41. The van der Waals surface area contributed by atoms with Gasteiger partial charge in [-0.2, -0.15) is 0 Å². The van der Waals surface area contributed by atoms with Crippen LogP contribution in [0.2, 0.25) is 0 Å². The molecule has 2 aromatic carbocycles. The summed E-state index contributed by atoms with van der Waals surface area (Å²) in [6, 6.07) is 13.6. The van der Waals surface area contributed by atoms with E-state index in [-0.39, 0.29) is 0 Å². The van der Waals surface area contributed by atoms with E-state index in [1.807, 2.05) is 73.1 Å². The highest BCUT2D eigenvalue weighted by atomic mass is 32.1. The Kier molecular flexibility index (Phi) is 4.40. The molecule has 0 aliphatic heterocycles. The van der Waals surface area contributed by atoms with Crippen LogP contribution in [0.3, 0.4) is 0 Å². The lowest BCUT2D eigenvalue weighted by Crippen LogP contribution is -2.17. The SMILES string of the molecule is COc1ccc2c(c1)nc(C(=S=O)c1ccccc1N(C)C)n2C. The van der Waals surface area contributed by atoms with E-state index >= 15 is 0 Å². The van der Waals surface area contributed by atoms with Gasteiger partial charge in [-0.3, -0.25) is 0 Å². The predicted octanol–water partition coefficient (Wildman–Crippen LogP) is 2.43. The second kappa shape index (κ2) is 6.49. The molecule has 124 valence electrons. The van der Waals surface area contributed by atoms with Gasteiger partial charge in [-0.25, -0.2) is 9.19 Å². The number of rotatable bonds is 4. The minimum Gasteiger partial charge on any atom is -0.497 e. The zero-order valence-corrected chi connectivity index (χ0v) is 14.9. The number of para-hydroxylation sites is 1. The maximum Gasteiger partial charge on any atom is 0.154 e. The number of aromatic nitrogens is 2. The van der Waals surface area contributed by atoms with Crippen molar-refractivity contribution in [3.05, 3.63) is 53.9 Å². The molecule has 5 nitrogen and oxygen atoms in total. The third-order valence-electron chi connectivity index (χ3n) is 4.00. The first-order valence-corrected chi connectivity index (χ1v) is 8.25. The molecule has 0 amide bonds. The van der Waals surface area contributed by atoms with Gasteiger partial charge in [0, 0.05) is 38.5 Å². The van der Waals surface area contributed by atoms with Gasteiger partial charge in [-0.05, 0) is 18.2 Å². The van der Waals surface area contributed by atoms with Crippen molar-refractivity contribution in [2.45, 2.75) is 0 Å². The maximum absolute atomic E-state index is 11.9. The van der Waals surface area contributed by atoms with Crippen LogP contribution in [0.25, 0.3) is 11.0 Å². The fourth-order valence-electron chi connectivity index (χ4n) is 2.77. The summed E-state index contributed by atoms with van der Waals surface area (Å²) < 4.78 is 19.2. The number of ether oxygens (including phenoxy) is 1. The molecule has 0 aliphatic carbocycles. The standard InChI is InChI=1S/C18H19N3O2S/c1-20(2)15-8-6-5-7-13(15)17(24-22)18-19-14-11-12(23-4)9-10-16(14)21(18)3/h5-11H,1-4H3. The van der Waals surface area contributed by atoms with Crippen LogP contribution in [0.4, 0.5) is 5.69 Å². The van der Waals surface area contributed by atoms with E-state index < -0.39 is 0 Å². The number of benzene rings is 2. The van der Waals surface area contributed by atoms with Crippen molar-refractivity contribution in [2.75, 3.05) is 26.1 Å². The number of fused-ring (bicyclic) bond motifs is 1. The van der Waals surface area contributed by atoms with Crippen molar-refractivity contribution in [3.8, 4) is 5.75 Å². The highest BCUT2D eigenvalue weighted by Crippen LogP contribution is 2.25. The van der Waals surface area contributed by atoms with E-state index in [2.05, 4.69) is 4.98 Å². The normalized spacial score (nSPS) is 10.7. The molecule has 0 radical (unpaired) electrons. The lowest BCUT2D eigenvalue weighted by molar-refractivity contribution is 0.415. The molecule has 6 heteroatoms. The van der Waals surface area contributed by atoms with Gasteiger partial charge in [0.2, 0.25) is 0 Å². The third-order valence-corrected chi connectivity index (χ3v) is 4.57. The minimum atomic E-state index is 0.472. The van der Waals surface area contributed by atoms with E-state index in [1.54, 1.807) is 7.11 Å². The molecule has 0 aliphatic rings. The zero-order chi connectivity index (χ0) is 17.3. The van der Waals surface area contributed by atoms with Gasteiger partial charge in [-0.15, -0.1) is 0 Å². The number of anilines is 1. The summed E-state index contributed by atoms with van der Waals surface area (Å²) in [5, 5.41) is 0. The molecule has 3 aromatic rings. The average Bonchev–Trinajstić information content (AvgIpc) is 2.92. The highest BCUT2D eigenvalue weighted by Gasteiger charge is 2.18. The number of aryl methyl sites for hydroxylation is 1. The summed E-state index contributed by atoms with van der Waals surface area (Å²) >= 11 is 0.472. The summed E-state index contributed by atoms with van der Waals surface area (Å²) in [6.07, 6.45) is 0. The van der Waals surface area contributed by atoms with Crippen LogP contribution in [0, 0.1) is 0 Å². The van der Waals surface area contributed by atoms with Crippen LogP contribution in [0.15, 0.2) is 42.5 Å². The van der Waals surface area contributed by atoms with Crippen molar-refractivity contribution < 1.29 is 8.95 Å². The van der Waals surface area contributed by atoms with Crippen molar-refractivity contribution in [1.82, 2.24) is 9.55 Å². The number of methoxy groups -OCH3 is 1. The first kappa shape index (κ1) is 16.3. The summed E-state index contributed by atoms with van der Waals surface area (Å²) in [7, 11) is 7.48. The Morgan fingerprint density at radius 2 is 1.96 bits per heavy atom. The van der Waals surface area contributed by atoms with E-state index in [4.69, 9.17) is 4.74 Å². The molecule has 0 unspecified atom stereocenters. The van der Waals surface area contributed by atoms with Crippen LogP contribution >= 0.6 is 0 Å². The third kappa shape index (κ3) is 2.69. The van der Waals surface area contributed by atoms with Gasteiger partial charge in [0.25, 0.3) is 0 Å². The molecule has 0 spiro atoms. The average molecular weight is 341 g/mol. The Hall–Kier alpha value is -2.60. The van der Waals surface area contributed by atoms with Crippen molar-refractivity contribution in [3.63, 3.8) is 0 Å². The molecule has 0 fully saturated rings. The quantitative estimate of drug-likeness (QED) is 0.540. The number of imidazole rings is 1. The van der Waals surface area contributed by atoms with Crippen molar-refractivity contribution >= 4 is 32.8 Å². The monoisotopic (exact) mass is 341 g/mol. The molecular weight excluding hydrogens is 322 g/mol. The second-order valence-corrected chi connectivity index (χ2v) is 6.25. The Bertz CT molecular complexity index is 956. The van der Waals surface area contributed by atoms with Crippen molar-refractivity contribution in [1.29, 1.82) is 0 Å². The lowest BCUT2D eigenvalue weighted by Gasteiger charge is -2.17. The molecule has 0 bridgehead atoms. The Labute approximate surface area is 144 Å².